The van der Waals surface area contributed by atoms with E-state index in [1.54, 1.807) is 0 Å². The summed E-state index contributed by atoms with van der Waals surface area (Å²) in [5.41, 5.74) is 11.0. The summed E-state index contributed by atoms with van der Waals surface area (Å²) in [6.07, 6.45) is -0.201. The molecule has 1 aliphatic carbocycles. The summed E-state index contributed by atoms with van der Waals surface area (Å²) in [6, 6.07) is 20.6. The highest BCUT2D eigenvalue weighted by molar-refractivity contribution is 6.63. The van der Waals surface area contributed by atoms with Crippen molar-refractivity contribution in [3.63, 3.8) is 0 Å². The van der Waals surface area contributed by atoms with E-state index in [9.17, 15) is 14.0 Å². The molecule has 3 aromatic rings. The van der Waals surface area contributed by atoms with Gasteiger partial charge in [0.1, 0.15) is 12.4 Å². The van der Waals surface area contributed by atoms with Crippen LogP contribution in [0.4, 0.5) is 4.39 Å². The predicted molar refractivity (Wildman–Crippen MR) is 117 cm³/mol. The normalized spacial score (nSPS) is 14.4. The molecule has 6 heteroatoms. The number of ether oxygens (including phenoxy) is 1. The third-order valence-corrected chi connectivity index (χ3v) is 5.82. The first kappa shape index (κ1) is 21.2. The predicted octanol–water partition coefficient (Wildman–Crippen LogP) is 4.75. The van der Waals surface area contributed by atoms with Crippen molar-refractivity contribution < 1.29 is 18.7 Å². The molecule has 2 N–H and O–H groups in total. The molecule has 1 unspecified atom stereocenters. The van der Waals surface area contributed by atoms with Crippen molar-refractivity contribution in [3.8, 4) is 11.1 Å². The SMILES string of the molecule is N[C@H](CC(=O)Cl)C(C(=O)OCC1c2ccccc2-c2ccccc21)c1ccc(F)cc1. The van der Waals surface area contributed by atoms with Gasteiger partial charge in [0.05, 0.1) is 5.92 Å². The summed E-state index contributed by atoms with van der Waals surface area (Å²) in [4.78, 5) is 24.5. The van der Waals surface area contributed by atoms with Gasteiger partial charge in [-0.3, -0.25) is 9.59 Å². The number of hydrogen-bond donors (Lipinski definition) is 1. The molecule has 0 amide bonds. The first-order valence-corrected chi connectivity index (χ1v) is 10.4. The molecule has 0 bridgehead atoms. The molecule has 0 radical (unpaired) electrons. The maximum Gasteiger partial charge on any atom is 0.315 e. The summed E-state index contributed by atoms with van der Waals surface area (Å²) in [5.74, 6) is -2.04. The minimum Gasteiger partial charge on any atom is -0.464 e. The van der Waals surface area contributed by atoms with Gasteiger partial charge in [-0.2, -0.15) is 0 Å². The van der Waals surface area contributed by atoms with Gasteiger partial charge in [-0.25, -0.2) is 4.39 Å². The van der Waals surface area contributed by atoms with Crippen molar-refractivity contribution in [2.75, 3.05) is 6.61 Å². The fraction of sp³-hybridized carbons (Fsp3) is 0.200. The van der Waals surface area contributed by atoms with E-state index in [0.717, 1.165) is 22.3 Å². The number of nitrogens with two attached hydrogens (primary N) is 1. The van der Waals surface area contributed by atoms with Gasteiger partial charge in [-0.05, 0) is 51.6 Å². The van der Waals surface area contributed by atoms with E-state index in [0.29, 0.717) is 5.56 Å². The van der Waals surface area contributed by atoms with Crippen LogP contribution in [0.5, 0.6) is 0 Å². The fourth-order valence-electron chi connectivity index (χ4n) is 4.23. The third-order valence-electron chi connectivity index (χ3n) is 5.66. The van der Waals surface area contributed by atoms with E-state index in [4.69, 9.17) is 22.1 Å². The largest absolute Gasteiger partial charge is 0.464 e. The lowest BCUT2D eigenvalue weighted by atomic mass is 9.90. The lowest BCUT2D eigenvalue weighted by Crippen LogP contribution is -2.36. The highest BCUT2D eigenvalue weighted by Crippen LogP contribution is 2.44. The van der Waals surface area contributed by atoms with Gasteiger partial charge in [0.25, 0.3) is 0 Å². The number of benzene rings is 3. The number of fused-ring (bicyclic) bond motifs is 3. The standard InChI is InChI=1S/C25H21ClFNO3/c26-23(29)13-22(28)24(15-9-11-16(27)12-10-15)25(30)31-14-21-19-7-3-1-5-17(19)18-6-2-4-8-20(18)21/h1-12,21-22,24H,13-14,28H2/t22-,24?/m1/s1. The van der Waals surface area contributed by atoms with Crippen LogP contribution in [0.1, 0.15) is 34.9 Å². The van der Waals surface area contributed by atoms with Gasteiger partial charge in [0.15, 0.2) is 0 Å². The minimum atomic E-state index is -0.935. The van der Waals surface area contributed by atoms with Crippen LogP contribution in [0.3, 0.4) is 0 Å². The maximum atomic E-state index is 13.4. The Balaban J connectivity index is 1.58. The van der Waals surface area contributed by atoms with Crippen molar-refractivity contribution in [1.29, 1.82) is 0 Å². The lowest BCUT2D eigenvalue weighted by Gasteiger charge is -2.23. The molecular formula is C25H21ClFNO3. The van der Waals surface area contributed by atoms with Gasteiger partial charge in [-0.1, -0.05) is 60.7 Å². The van der Waals surface area contributed by atoms with Crippen LogP contribution >= 0.6 is 11.6 Å². The van der Waals surface area contributed by atoms with Crippen molar-refractivity contribution >= 4 is 22.8 Å². The van der Waals surface area contributed by atoms with E-state index in [-0.39, 0.29) is 18.9 Å². The number of halogens is 2. The van der Waals surface area contributed by atoms with Crippen LogP contribution < -0.4 is 5.73 Å². The quantitative estimate of drug-likeness (QED) is 0.428. The highest BCUT2D eigenvalue weighted by atomic mass is 35.5. The molecule has 0 spiro atoms. The van der Waals surface area contributed by atoms with E-state index < -0.39 is 29.0 Å². The van der Waals surface area contributed by atoms with Crippen molar-refractivity contribution in [3.05, 3.63) is 95.3 Å². The molecule has 0 saturated carbocycles. The molecule has 0 heterocycles. The van der Waals surface area contributed by atoms with E-state index >= 15 is 0 Å². The Labute approximate surface area is 184 Å². The average molecular weight is 438 g/mol. The zero-order chi connectivity index (χ0) is 22.0. The maximum absolute atomic E-state index is 13.4. The zero-order valence-electron chi connectivity index (χ0n) is 16.6. The molecule has 0 aliphatic heterocycles. The second-order valence-corrected chi connectivity index (χ2v) is 8.03. The molecular weight excluding hydrogens is 417 g/mol. The first-order valence-electron chi connectivity index (χ1n) is 10.00. The van der Waals surface area contributed by atoms with Crippen LogP contribution in [0.25, 0.3) is 11.1 Å². The van der Waals surface area contributed by atoms with E-state index in [2.05, 4.69) is 12.1 Å². The van der Waals surface area contributed by atoms with Gasteiger partial charge >= 0.3 is 5.97 Å². The molecule has 3 aromatic carbocycles. The Morgan fingerprint density at radius 3 is 2.03 bits per heavy atom. The lowest BCUT2D eigenvalue weighted by molar-refractivity contribution is -0.146. The second-order valence-electron chi connectivity index (χ2n) is 7.61. The number of carbonyl (C=O) groups is 2. The minimum absolute atomic E-state index is 0.101. The molecule has 4 nitrogen and oxygen atoms in total. The molecule has 4 rings (SSSR count). The fourth-order valence-corrected chi connectivity index (χ4v) is 4.40. The van der Waals surface area contributed by atoms with E-state index in [1.165, 1.54) is 24.3 Å². The smallest absolute Gasteiger partial charge is 0.315 e. The molecule has 31 heavy (non-hydrogen) atoms. The van der Waals surface area contributed by atoms with Crippen molar-refractivity contribution in [1.82, 2.24) is 0 Å². The molecule has 1 aliphatic rings. The van der Waals surface area contributed by atoms with Crippen molar-refractivity contribution in [2.45, 2.75) is 24.3 Å². The second kappa shape index (κ2) is 9.00. The summed E-state index contributed by atoms with van der Waals surface area (Å²) >= 11 is 5.50. The van der Waals surface area contributed by atoms with Crippen LogP contribution in [0.15, 0.2) is 72.8 Å². The number of rotatable bonds is 7. The summed E-state index contributed by atoms with van der Waals surface area (Å²) < 4.78 is 19.1. The third kappa shape index (κ3) is 4.38. The Kier molecular flexibility index (Phi) is 6.16. The van der Waals surface area contributed by atoms with Crippen LogP contribution in [0.2, 0.25) is 0 Å². The molecule has 0 aromatic heterocycles. The highest BCUT2D eigenvalue weighted by Gasteiger charge is 2.33. The van der Waals surface area contributed by atoms with Gasteiger partial charge < -0.3 is 10.5 Å². The Hall–Kier alpha value is -3.02. The topological polar surface area (TPSA) is 69.4 Å². The average Bonchev–Trinajstić information content (AvgIpc) is 3.07. The number of esters is 1. The zero-order valence-corrected chi connectivity index (χ0v) is 17.4. The van der Waals surface area contributed by atoms with Gasteiger partial charge in [0.2, 0.25) is 5.24 Å². The Morgan fingerprint density at radius 2 is 1.48 bits per heavy atom. The molecule has 0 saturated heterocycles. The monoisotopic (exact) mass is 437 g/mol. The van der Waals surface area contributed by atoms with Gasteiger partial charge in [-0.15, -0.1) is 0 Å². The number of hydrogen-bond acceptors (Lipinski definition) is 4. The van der Waals surface area contributed by atoms with Crippen LogP contribution in [-0.2, 0) is 14.3 Å². The first-order chi connectivity index (χ1) is 15.0. The van der Waals surface area contributed by atoms with Crippen LogP contribution in [-0.4, -0.2) is 23.9 Å². The van der Waals surface area contributed by atoms with Crippen LogP contribution in [0, 0.1) is 5.82 Å². The molecule has 0 fully saturated rings. The summed E-state index contributed by atoms with van der Waals surface area (Å²) in [5, 5.41) is -0.647. The summed E-state index contributed by atoms with van der Waals surface area (Å²) in [6.45, 7) is 0.131. The summed E-state index contributed by atoms with van der Waals surface area (Å²) in [7, 11) is 0. The molecule has 2 atom stereocenters. The van der Waals surface area contributed by atoms with Crippen molar-refractivity contribution in [2.24, 2.45) is 5.73 Å². The van der Waals surface area contributed by atoms with Gasteiger partial charge in [0, 0.05) is 18.4 Å². The van der Waals surface area contributed by atoms with E-state index in [1.807, 2.05) is 36.4 Å². The Morgan fingerprint density at radius 1 is 0.935 bits per heavy atom. The Bertz CT molecular complexity index is 1070. The molecule has 158 valence electrons. The number of carbonyl (C=O) groups excluding carboxylic acids is 2.